The van der Waals surface area contributed by atoms with Gasteiger partial charge in [0.15, 0.2) is 6.04 Å². The molecule has 0 spiro atoms. The minimum absolute atomic E-state index is 0.0628. The van der Waals surface area contributed by atoms with Crippen LogP contribution < -0.4 is 0 Å². The molecule has 86 valence electrons. The van der Waals surface area contributed by atoms with Gasteiger partial charge in [-0.1, -0.05) is 12.1 Å². The number of esters is 1. The van der Waals surface area contributed by atoms with E-state index in [9.17, 15) is 9.90 Å². The smallest absolute Gasteiger partial charge is 0.332 e. The van der Waals surface area contributed by atoms with Crippen LogP contribution in [0.5, 0.6) is 5.75 Å². The van der Waals surface area contributed by atoms with Crippen molar-refractivity contribution in [1.82, 2.24) is 0 Å². The van der Waals surface area contributed by atoms with Gasteiger partial charge in [0.2, 0.25) is 0 Å². The van der Waals surface area contributed by atoms with Crippen molar-refractivity contribution in [3.8, 4) is 5.75 Å². The first kappa shape index (κ1) is 12.2. The van der Waals surface area contributed by atoms with Gasteiger partial charge in [-0.25, -0.2) is 4.79 Å². The maximum atomic E-state index is 11.1. The van der Waals surface area contributed by atoms with Crippen molar-refractivity contribution in [1.29, 1.82) is 0 Å². The molecule has 1 aromatic carbocycles. The molecule has 1 aromatic rings. The fraction of sp³-hybridized carbons (Fsp3) is 0.273. The van der Waals surface area contributed by atoms with Crippen LogP contribution in [-0.4, -0.2) is 42.2 Å². The van der Waals surface area contributed by atoms with Crippen molar-refractivity contribution >= 4 is 12.2 Å². The lowest BCUT2D eigenvalue weighted by Crippen LogP contribution is -2.24. The zero-order valence-corrected chi connectivity index (χ0v) is 8.83. The van der Waals surface area contributed by atoms with E-state index in [4.69, 9.17) is 5.11 Å². The Morgan fingerprint density at radius 1 is 1.56 bits per heavy atom. The third kappa shape index (κ3) is 3.06. The molecule has 0 aliphatic heterocycles. The molecule has 0 saturated heterocycles. The van der Waals surface area contributed by atoms with Gasteiger partial charge in [0, 0.05) is 11.8 Å². The molecule has 16 heavy (non-hydrogen) atoms. The Morgan fingerprint density at radius 3 is 2.81 bits per heavy atom. The highest BCUT2D eigenvalue weighted by Gasteiger charge is 2.15. The molecule has 0 heterocycles. The summed E-state index contributed by atoms with van der Waals surface area (Å²) in [5.41, 5.74) is 0.477. The highest BCUT2D eigenvalue weighted by molar-refractivity contribution is 5.86. The SMILES string of the molecule is COC(=O)[C@H](CO)N=Cc1ccccc1O. The van der Waals surface area contributed by atoms with Gasteiger partial charge >= 0.3 is 5.97 Å². The van der Waals surface area contributed by atoms with E-state index in [-0.39, 0.29) is 5.75 Å². The molecule has 2 N–H and O–H groups in total. The van der Waals surface area contributed by atoms with E-state index >= 15 is 0 Å². The average molecular weight is 223 g/mol. The van der Waals surface area contributed by atoms with E-state index in [1.807, 2.05) is 0 Å². The molecule has 0 fully saturated rings. The second-order valence-electron chi connectivity index (χ2n) is 3.06. The lowest BCUT2D eigenvalue weighted by Gasteiger charge is -2.05. The fourth-order valence-corrected chi connectivity index (χ4v) is 1.09. The van der Waals surface area contributed by atoms with Gasteiger partial charge in [-0.3, -0.25) is 4.99 Å². The van der Waals surface area contributed by atoms with E-state index in [1.165, 1.54) is 19.4 Å². The number of aromatic hydroxyl groups is 1. The van der Waals surface area contributed by atoms with E-state index in [2.05, 4.69) is 9.73 Å². The lowest BCUT2D eigenvalue weighted by atomic mass is 10.2. The molecule has 0 bridgehead atoms. The Labute approximate surface area is 93.0 Å². The van der Waals surface area contributed by atoms with Crippen molar-refractivity contribution in [2.24, 2.45) is 4.99 Å². The molecular weight excluding hydrogens is 210 g/mol. The predicted octanol–water partition coefficient (Wildman–Crippen LogP) is 0.345. The zero-order chi connectivity index (χ0) is 12.0. The van der Waals surface area contributed by atoms with Crippen LogP contribution in [0.25, 0.3) is 0 Å². The van der Waals surface area contributed by atoms with Gasteiger partial charge in [0.1, 0.15) is 5.75 Å². The van der Waals surface area contributed by atoms with E-state index in [0.717, 1.165) is 0 Å². The van der Waals surface area contributed by atoms with Crippen LogP contribution in [0.1, 0.15) is 5.56 Å². The standard InChI is InChI=1S/C11H13NO4/c1-16-11(15)9(7-13)12-6-8-4-2-3-5-10(8)14/h2-6,9,13-14H,7H2,1H3/t9-/m0/s1. The van der Waals surface area contributed by atoms with Crippen LogP contribution in [0.4, 0.5) is 0 Å². The number of hydrogen-bond donors (Lipinski definition) is 2. The summed E-state index contributed by atoms with van der Waals surface area (Å²) < 4.78 is 4.45. The first-order valence-electron chi connectivity index (χ1n) is 4.69. The van der Waals surface area contributed by atoms with Gasteiger partial charge in [0.25, 0.3) is 0 Å². The number of hydrogen-bond acceptors (Lipinski definition) is 5. The van der Waals surface area contributed by atoms with Gasteiger partial charge < -0.3 is 14.9 Å². The molecule has 0 saturated carbocycles. The van der Waals surface area contributed by atoms with Crippen molar-refractivity contribution < 1.29 is 19.7 Å². The molecule has 0 unspecified atom stereocenters. The van der Waals surface area contributed by atoms with Crippen LogP contribution in [-0.2, 0) is 9.53 Å². The topological polar surface area (TPSA) is 79.1 Å². The number of benzene rings is 1. The van der Waals surface area contributed by atoms with Crippen LogP contribution in [0.3, 0.4) is 0 Å². The molecule has 0 amide bonds. The van der Waals surface area contributed by atoms with Crippen LogP contribution in [0.2, 0.25) is 0 Å². The molecule has 0 aromatic heterocycles. The number of nitrogens with zero attached hydrogens (tertiary/aromatic N) is 1. The number of phenols is 1. The summed E-state index contributed by atoms with van der Waals surface area (Å²) in [6, 6.07) is 5.60. The minimum atomic E-state index is -0.954. The fourth-order valence-electron chi connectivity index (χ4n) is 1.09. The molecule has 1 rings (SSSR count). The summed E-state index contributed by atoms with van der Waals surface area (Å²) >= 11 is 0. The first-order chi connectivity index (χ1) is 7.69. The number of carbonyl (C=O) groups excluding carboxylic acids is 1. The van der Waals surface area contributed by atoms with Gasteiger partial charge in [-0.05, 0) is 12.1 Å². The quantitative estimate of drug-likeness (QED) is 0.570. The van der Waals surface area contributed by atoms with E-state index in [0.29, 0.717) is 5.56 Å². The van der Waals surface area contributed by atoms with Crippen molar-refractivity contribution in [3.05, 3.63) is 29.8 Å². The maximum Gasteiger partial charge on any atom is 0.332 e. The Bertz CT molecular complexity index is 389. The number of para-hydroxylation sites is 1. The zero-order valence-electron chi connectivity index (χ0n) is 8.83. The van der Waals surface area contributed by atoms with Crippen molar-refractivity contribution in [2.45, 2.75) is 6.04 Å². The number of aliphatic hydroxyl groups excluding tert-OH is 1. The van der Waals surface area contributed by atoms with Crippen LogP contribution >= 0.6 is 0 Å². The van der Waals surface area contributed by atoms with Crippen LogP contribution in [0.15, 0.2) is 29.3 Å². The summed E-state index contributed by atoms with van der Waals surface area (Å²) in [7, 11) is 1.22. The molecule has 1 atom stereocenters. The molecular formula is C11H13NO4. The van der Waals surface area contributed by atoms with Gasteiger partial charge in [-0.15, -0.1) is 0 Å². The third-order valence-corrected chi connectivity index (χ3v) is 1.98. The molecule has 5 heteroatoms. The highest BCUT2D eigenvalue weighted by atomic mass is 16.5. The average Bonchev–Trinajstić information content (AvgIpc) is 2.31. The summed E-state index contributed by atoms with van der Waals surface area (Å²) in [4.78, 5) is 14.9. The van der Waals surface area contributed by atoms with E-state index < -0.39 is 18.6 Å². The summed E-state index contributed by atoms with van der Waals surface area (Å²) in [5, 5.41) is 18.3. The minimum Gasteiger partial charge on any atom is -0.507 e. The second-order valence-corrected chi connectivity index (χ2v) is 3.06. The molecule has 0 aliphatic rings. The summed E-state index contributed by atoms with van der Waals surface area (Å²) in [5.74, 6) is -0.554. The Kier molecular flexibility index (Phi) is 4.47. The maximum absolute atomic E-state index is 11.1. The normalized spacial score (nSPS) is 12.6. The van der Waals surface area contributed by atoms with E-state index in [1.54, 1.807) is 18.2 Å². The number of rotatable bonds is 4. The Morgan fingerprint density at radius 2 is 2.25 bits per heavy atom. The monoisotopic (exact) mass is 223 g/mol. The third-order valence-electron chi connectivity index (χ3n) is 1.98. The number of carbonyl (C=O) groups is 1. The van der Waals surface area contributed by atoms with Crippen LogP contribution in [0, 0.1) is 0 Å². The Hall–Kier alpha value is -1.88. The number of ether oxygens (including phenoxy) is 1. The van der Waals surface area contributed by atoms with Gasteiger partial charge in [0.05, 0.1) is 13.7 Å². The number of aliphatic hydroxyl groups is 1. The molecule has 0 aliphatic carbocycles. The predicted molar refractivity (Wildman–Crippen MR) is 58.6 cm³/mol. The number of aliphatic imine (C=N–C) groups is 1. The van der Waals surface area contributed by atoms with Crippen molar-refractivity contribution in [2.75, 3.05) is 13.7 Å². The largest absolute Gasteiger partial charge is 0.507 e. The molecule has 5 nitrogen and oxygen atoms in total. The summed E-state index contributed by atoms with van der Waals surface area (Å²) in [6.45, 7) is -0.434. The first-order valence-corrected chi connectivity index (χ1v) is 4.69. The summed E-state index contributed by atoms with van der Waals surface area (Å²) in [6.07, 6.45) is 1.33. The molecule has 0 radical (unpaired) electrons. The second kappa shape index (κ2) is 5.87. The number of phenolic OH excluding ortho intramolecular Hbond substituents is 1. The number of methoxy groups -OCH3 is 1. The Balaban J connectivity index is 2.79. The lowest BCUT2D eigenvalue weighted by molar-refractivity contribution is -0.142. The van der Waals surface area contributed by atoms with Gasteiger partial charge in [-0.2, -0.15) is 0 Å². The van der Waals surface area contributed by atoms with Crippen molar-refractivity contribution in [3.63, 3.8) is 0 Å². The highest BCUT2D eigenvalue weighted by Crippen LogP contribution is 2.13.